The van der Waals surface area contributed by atoms with Gasteiger partial charge in [0, 0.05) is 16.8 Å². The molecule has 1 aliphatic heterocycles. The fourth-order valence-electron chi connectivity index (χ4n) is 2.93. The Hall–Kier alpha value is -2.17. The molecule has 2 N–H and O–H groups in total. The van der Waals surface area contributed by atoms with Crippen LogP contribution in [0, 0.1) is 0 Å². The zero-order valence-corrected chi connectivity index (χ0v) is 14.2. The van der Waals surface area contributed by atoms with Crippen LogP contribution < -0.4 is 10.2 Å². The number of carbonyl (C=O) groups is 1. The van der Waals surface area contributed by atoms with E-state index < -0.39 is 0 Å². The summed E-state index contributed by atoms with van der Waals surface area (Å²) in [5, 5.41) is 2.96. The number of amides is 1. The summed E-state index contributed by atoms with van der Waals surface area (Å²) in [6.07, 6.45) is 0.981. The fraction of sp³-hybridized carbons (Fsp3) is 0.350. The van der Waals surface area contributed by atoms with E-state index in [0.717, 1.165) is 45.0 Å². The van der Waals surface area contributed by atoms with Crippen LogP contribution in [0.5, 0.6) is 0 Å². The molecule has 1 heterocycles. The zero-order valence-electron chi connectivity index (χ0n) is 14.2. The second-order valence-electron chi connectivity index (χ2n) is 6.24. The van der Waals surface area contributed by atoms with Crippen LogP contribution in [0.3, 0.4) is 0 Å². The Morgan fingerprint density at radius 3 is 2.25 bits per heavy atom. The number of anilines is 1. The normalized spacial score (nSPS) is 15.2. The molecule has 0 atom stereocenters. The lowest BCUT2D eigenvalue weighted by Gasteiger charge is -2.23. The predicted molar refractivity (Wildman–Crippen MR) is 95.4 cm³/mol. The Balaban J connectivity index is 1.57. The molecule has 2 aromatic rings. The molecule has 1 amide bonds. The number of carbonyl (C=O) groups excluding carboxylic acids is 1. The zero-order chi connectivity index (χ0) is 16.8. The molecule has 24 heavy (non-hydrogen) atoms. The number of hydrogen-bond donors (Lipinski definition) is 2. The van der Waals surface area contributed by atoms with Gasteiger partial charge in [0.25, 0.3) is 5.91 Å². The summed E-state index contributed by atoms with van der Waals surface area (Å²) in [4.78, 5) is 13.8. The van der Waals surface area contributed by atoms with Gasteiger partial charge in [-0.15, -0.1) is 0 Å². The highest BCUT2D eigenvalue weighted by Crippen LogP contribution is 2.12. The quantitative estimate of drug-likeness (QED) is 0.882. The average molecular weight is 325 g/mol. The van der Waals surface area contributed by atoms with Gasteiger partial charge in [0.15, 0.2) is 0 Å². The summed E-state index contributed by atoms with van der Waals surface area (Å²) < 4.78 is 5.39. The number of hydrogen-bond acceptors (Lipinski definition) is 2. The van der Waals surface area contributed by atoms with Crippen LogP contribution in [0.1, 0.15) is 28.4 Å². The highest BCUT2D eigenvalue weighted by molar-refractivity contribution is 6.04. The van der Waals surface area contributed by atoms with Crippen LogP contribution in [-0.4, -0.2) is 32.2 Å². The van der Waals surface area contributed by atoms with E-state index in [1.165, 1.54) is 11.1 Å². The van der Waals surface area contributed by atoms with Gasteiger partial charge in [-0.25, -0.2) is 0 Å². The maximum absolute atomic E-state index is 12.3. The minimum atomic E-state index is -0.0655. The Morgan fingerprint density at radius 2 is 1.62 bits per heavy atom. The first-order valence-electron chi connectivity index (χ1n) is 8.65. The lowest BCUT2D eigenvalue weighted by molar-refractivity contribution is -0.921. The Labute approximate surface area is 143 Å². The maximum Gasteiger partial charge on any atom is 0.255 e. The number of rotatable bonds is 5. The summed E-state index contributed by atoms with van der Waals surface area (Å²) in [7, 11) is 0. The molecule has 0 aromatic heterocycles. The van der Waals surface area contributed by atoms with Gasteiger partial charge >= 0.3 is 0 Å². The Kier molecular flexibility index (Phi) is 5.62. The summed E-state index contributed by atoms with van der Waals surface area (Å²) in [5.41, 5.74) is 4.05. The maximum atomic E-state index is 12.3. The summed E-state index contributed by atoms with van der Waals surface area (Å²) in [6.45, 7) is 6.93. The van der Waals surface area contributed by atoms with Crippen molar-refractivity contribution >= 4 is 11.6 Å². The van der Waals surface area contributed by atoms with Crippen molar-refractivity contribution in [2.24, 2.45) is 0 Å². The van der Waals surface area contributed by atoms with Gasteiger partial charge in [-0.05, 0) is 36.2 Å². The van der Waals surface area contributed by atoms with Gasteiger partial charge in [0.1, 0.15) is 19.6 Å². The number of quaternary nitrogens is 1. The SMILES string of the molecule is CCc1ccc(C(=O)Nc2ccc(C[NH+]3CCOCC3)cc2)cc1. The summed E-state index contributed by atoms with van der Waals surface area (Å²) in [6, 6.07) is 15.9. The molecule has 126 valence electrons. The van der Waals surface area contributed by atoms with Crippen molar-refractivity contribution in [1.29, 1.82) is 0 Å². The summed E-state index contributed by atoms with van der Waals surface area (Å²) in [5.74, 6) is -0.0655. The van der Waals surface area contributed by atoms with Crippen LogP contribution in [0.15, 0.2) is 48.5 Å². The van der Waals surface area contributed by atoms with E-state index in [-0.39, 0.29) is 5.91 Å². The first kappa shape index (κ1) is 16.7. The van der Waals surface area contributed by atoms with E-state index >= 15 is 0 Å². The topological polar surface area (TPSA) is 42.8 Å². The third-order valence-corrected chi connectivity index (χ3v) is 4.49. The number of benzene rings is 2. The van der Waals surface area contributed by atoms with Crippen molar-refractivity contribution < 1.29 is 14.4 Å². The molecular formula is C20H25N2O2+. The first-order valence-corrected chi connectivity index (χ1v) is 8.65. The van der Waals surface area contributed by atoms with Gasteiger partial charge in [0.2, 0.25) is 0 Å². The highest BCUT2D eigenvalue weighted by atomic mass is 16.5. The molecule has 1 fully saturated rings. The molecule has 0 aliphatic carbocycles. The van der Waals surface area contributed by atoms with E-state index in [1.54, 1.807) is 4.90 Å². The minimum absolute atomic E-state index is 0.0655. The van der Waals surface area contributed by atoms with Crippen LogP contribution in [-0.2, 0) is 17.7 Å². The highest BCUT2D eigenvalue weighted by Gasteiger charge is 2.14. The van der Waals surface area contributed by atoms with E-state index in [4.69, 9.17) is 4.74 Å². The largest absolute Gasteiger partial charge is 0.370 e. The number of ether oxygens (including phenoxy) is 1. The number of aryl methyl sites for hydroxylation is 1. The fourth-order valence-corrected chi connectivity index (χ4v) is 2.93. The van der Waals surface area contributed by atoms with Crippen molar-refractivity contribution in [3.8, 4) is 0 Å². The van der Waals surface area contributed by atoms with Crippen LogP contribution in [0.2, 0.25) is 0 Å². The third-order valence-electron chi connectivity index (χ3n) is 4.49. The second kappa shape index (κ2) is 8.08. The molecule has 4 heteroatoms. The molecule has 0 unspecified atom stereocenters. The van der Waals surface area contributed by atoms with Gasteiger partial charge in [0.05, 0.1) is 13.2 Å². The molecule has 1 aliphatic rings. The summed E-state index contributed by atoms with van der Waals surface area (Å²) >= 11 is 0. The van der Waals surface area contributed by atoms with E-state index in [2.05, 4.69) is 24.4 Å². The average Bonchev–Trinajstić information content (AvgIpc) is 2.64. The van der Waals surface area contributed by atoms with E-state index in [9.17, 15) is 4.79 Å². The van der Waals surface area contributed by atoms with Crippen LogP contribution >= 0.6 is 0 Å². The minimum Gasteiger partial charge on any atom is -0.370 e. The van der Waals surface area contributed by atoms with Crippen molar-refractivity contribution in [1.82, 2.24) is 0 Å². The number of morpholine rings is 1. The van der Waals surface area contributed by atoms with Crippen molar-refractivity contribution in [2.75, 3.05) is 31.6 Å². The first-order chi connectivity index (χ1) is 11.7. The van der Waals surface area contributed by atoms with Crippen LogP contribution in [0.4, 0.5) is 5.69 Å². The van der Waals surface area contributed by atoms with E-state index in [0.29, 0.717) is 5.56 Å². The lowest BCUT2D eigenvalue weighted by atomic mass is 10.1. The Bertz CT molecular complexity index is 659. The molecule has 2 aromatic carbocycles. The molecule has 0 saturated carbocycles. The third kappa shape index (κ3) is 4.43. The smallest absolute Gasteiger partial charge is 0.255 e. The molecule has 0 bridgehead atoms. The van der Waals surface area contributed by atoms with Crippen LogP contribution in [0.25, 0.3) is 0 Å². The van der Waals surface area contributed by atoms with E-state index in [1.807, 2.05) is 36.4 Å². The Morgan fingerprint density at radius 1 is 1.00 bits per heavy atom. The van der Waals surface area contributed by atoms with Gasteiger partial charge in [-0.3, -0.25) is 4.79 Å². The molecule has 1 saturated heterocycles. The van der Waals surface area contributed by atoms with Crippen molar-refractivity contribution in [2.45, 2.75) is 19.9 Å². The molecule has 0 spiro atoms. The molecule has 3 rings (SSSR count). The predicted octanol–water partition coefficient (Wildman–Crippen LogP) is 1.92. The van der Waals surface area contributed by atoms with Gasteiger partial charge in [-0.2, -0.15) is 0 Å². The van der Waals surface area contributed by atoms with Crippen molar-refractivity contribution in [3.05, 3.63) is 65.2 Å². The lowest BCUT2D eigenvalue weighted by Crippen LogP contribution is -3.12. The standard InChI is InChI=1S/C20H24N2O2/c1-2-16-3-7-18(8-4-16)20(23)21-19-9-5-17(6-10-19)15-22-11-13-24-14-12-22/h3-10H,2,11-15H2,1H3,(H,21,23)/p+1. The molecule has 4 nitrogen and oxygen atoms in total. The molecule has 0 radical (unpaired) electrons. The second-order valence-corrected chi connectivity index (χ2v) is 6.24. The molecular weight excluding hydrogens is 300 g/mol. The number of nitrogens with one attached hydrogen (secondary N) is 2. The van der Waals surface area contributed by atoms with Gasteiger partial charge in [-0.1, -0.05) is 31.2 Å². The monoisotopic (exact) mass is 325 g/mol. The van der Waals surface area contributed by atoms with Gasteiger partial charge < -0.3 is 15.0 Å². The van der Waals surface area contributed by atoms with Crippen molar-refractivity contribution in [3.63, 3.8) is 0 Å².